The van der Waals surface area contributed by atoms with Crippen molar-refractivity contribution in [3.8, 4) is 0 Å². The van der Waals surface area contributed by atoms with Gasteiger partial charge >= 0.3 is 5.69 Å². The van der Waals surface area contributed by atoms with E-state index in [1.165, 1.54) is 0 Å². The lowest BCUT2D eigenvalue weighted by molar-refractivity contribution is -0.119. The summed E-state index contributed by atoms with van der Waals surface area (Å²) in [7, 11) is 0. The third kappa shape index (κ3) is 4.97. The number of carbonyl (C=O) groups is 2. The number of carbonyl (C=O) groups excluding carboxylic acids is 2. The van der Waals surface area contributed by atoms with Crippen LogP contribution in [0.5, 0.6) is 0 Å². The van der Waals surface area contributed by atoms with Crippen LogP contribution in [0.1, 0.15) is 48.2 Å². The lowest BCUT2D eigenvalue weighted by Crippen LogP contribution is -2.40. The molecule has 0 unspecified atom stereocenters. The van der Waals surface area contributed by atoms with E-state index in [4.69, 9.17) is 5.73 Å². The maximum absolute atomic E-state index is 12.3. The van der Waals surface area contributed by atoms with Gasteiger partial charge in [-0.3, -0.25) is 19.4 Å². The van der Waals surface area contributed by atoms with Crippen molar-refractivity contribution < 1.29 is 9.59 Å². The van der Waals surface area contributed by atoms with Crippen LogP contribution in [-0.4, -0.2) is 27.7 Å². The zero-order chi connectivity index (χ0) is 20.1. The van der Waals surface area contributed by atoms with E-state index in [0.717, 1.165) is 31.2 Å². The molecule has 1 heterocycles. The van der Waals surface area contributed by atoms with E-state index in [-0.39, 0.29) is 23.2 Å². The van der Waals surface area contributed by atoms with Gasteiger partial charge in [-0.05, 0) is 37.2 Å². The molecule has 1 aromatic carbocycles. The Morgan fingerprint density at radius 2 is 1.71 bits per heavy atom. The van der Waals surface area contributed by atoms with Crippen LogP contribution in [0, 0.1) is 5.92 Å². The van der Waals surface area contributed by atoms with Crippen LogP contribution >= 0.6 is 0 Å². The summed E-state index contributed by atoms with van der Waals surface area (Å²) in [5.74, 6) is -0.0225. The lowest BCUT2D eigenvalue weighted by atomic mass is 9.82. The van der Waals surface area contributed by atoms with Gasteiger partial charge in [-0.1, -0.05) is 30.3 Å². The summed E-state index contributed by atoms with van der Waals surface area (Å²) in [5, 5.41) is 2.82. The van der Waals surface area contributed by atoms with Crippen molar-refractivity contribution in [1.29, 1.82) is 0 Å². The molecule has 3 rings (SSSR count). The van der Waals surface area contributed by atoms with Gasteiger partial charge in [0.15, 0.2) is 0 Å². The second-order valence-corrected chi connectivity index (χ2v) is 7.29. The molecule has 28 heavy (non-hydrogen) atoms. The molecule has 8 nitrogen and oxygen atoms in total. The van der Waals surface area contributed by atoms with E-state index < -0.39 is 17.2 Å². The quantitative estimate of drug-likeness (QED) is 0.592. The highest BCUT2D eigenvalue weighted by molar-refractivity contribution is 5.96. The standard InChI is InChI=1S/C20H24N4O4/c21-16-17(23-20(28)24-18(16)26)19(27)22-14-8-6-13(7-9-14)11-15(25)10-12-4-2-1-3-5-12/h1-5,13-14H,6-11,21H2,(H,22,27)(H2,23,24,26,28). The second kappa shape index (κ2) is 8.69. The monoisotopic (exact) mass is 384 g/mol. The molecule has 1 aromatic heterocycles. The third-order valence-electron chi connectivity index (χ3n) is 5.15. The highest BCUT2D eigenvalue weighted by atomic mass is 16.2. The summed E-state index contributed by atoms with van der Waals surface area (Å²) in [5.41, 5.74) is 4.53. The number of benzene rings is 1. The molecule has 148 valence electrons. The first-order chi connectivity index (χ1) is 13.4. The third-order valence-corrected chi connectivity index (χ3v) is 5.15. The molecule has 2 aromatic rings. The van der Waals surface area contributed by atoms with Gasteiger partial charge in [0, 0.05) is 18.9 Å². The van der Waals surface area contributed by atoms with E-state index in [1.54, 1.807) is 0 Å². The van der Waals surface area contributed by atoms with Crippen molar-refractivity contribution >= 4 is 17.4 Å². The predicted octanol–water partition coefficient (Wildman–Crippen LogP) is 1.14. The number of nitrogen functional groups attached to an aromatic ring is 1. The van der Waals surface area contributed by atoms with Crippen molar-refractivity contribution in [1.82, 2.24) is 15.3 Å². The molecular formula is C20H24N4O4. The van der Waals surface area contributed by atoms with Crippen molar-refractivity contribution in [2.75, 3.05) is 5.73 Å². The number of hydrogen-bond acceptors (Lipinski definition) is 5. The summed E-state index contributed by atoms with van der Waals surface area (Å²) in [6.07, 6.45) is 4.15. The SMILES string of the molecule is Nc1c(C(=O)NC2CCC(CC(=O)Cc3ccccc3)CC2)[nH]c(=O)[nH]c1=O. The molecule has 0 radical (unpaired) electrons. The fourth-order valence-corrected chi connectivity index (χ4v) is 3.66. The first kappa shape index (κ1) is 19.6. The molecule has 0 atom stereocenters. The van der Waals surface area contributed by atoms with Crippen molar-refractivity contribution in [3.63, 3.8) is 0 Å². The van der Waals surface area contributed by atoms with Gasteiger partial charge in [0.2, 0.25) is 0 Å². The largest absolute Gasteiger partial charge is 0.392 e. The van der Waals surface area contributed by atoms with Crippen molar-refractivity contribution in [3.05, 3.63) is 62.4 Å². The normalized spacial score (nSPS) is 19.1. The summed E-state index contributed by atoms with van der Waals surface area (Å²) in [6, 6.07) is 9.62. The molecule has 0 aliphatic heterocycles. The number of nitrogens with one attached hydrogen (secondary N) is 3. The molecule has 1 saturated carbocycles. The van der Waals surface area contributed by atoms with E-state index in [2.05, 4.69) is 10.3 Å². The molecule has 1 aliphatic carbocycles. The number of aromatic amines is 2. The Morgan fingerprint density at radius 1 is 1.04 bits per heavy atom. The van der Waals surface area contributed by atoms with Crippen LogP contribution in [0.2, 0.25) is 0 Å². The number of hydrogen-bond donors (Lipinski definition) is 4. The number of H-pyrrole nitrogens is 2. The lowest BCUT2D eigenvalue weighted by Gasteiger charge is -2.28. The number of rotatable bonds is 6. The average Bonchev–Trinajstić information content (AvgIpc) is 2.67. The molecule has 0 spiro atoms. The Labute approximate surface area is 161 Å². The molecular weight excluding hydrogens is 360 g/mol. The van der Waals surface area contributed by atoms with Gasteiger partial charge in [-0.15, -0.1) is 0 Å². The van der Waals surface area contributed by atoms with E-state index in [0.29, 0.717) is 18.8 Å². The summed E-state index contributed by atoms with van der Waals surface area (Å²) >= 11 is 0. The Balaban J connectivity index is 1.49. The minimum atomic E-state index is -0.783. The zero-order valence-corrected chi connectivity index (χ0v) is 15.5. The smallest absolute Gasteiger partial charge is 0.326 e. The Morgan fingerprint density at radius 3 is 2.39 bits per heavy atom. The summed E-state index contributed by atoms with van der Waals surface area (Å²) in [4.78, 5) is 51.7. The van der Waals surface area contributed by atoms with Gasteiger partial charge in [0.1, 0.15) is 17.2 Å². The second-order valence-electron chi connectivity index (χ2n) is 7.29. The minimum absolute atomic E-state index is 0.0739. The van der Waals surface area contributed by atoms with Crippen LogP contribution in [0.3, 0.4) is 0 Å². The zero-order valence-electron chi connectivity index (χ0n) is 15.5. The fraction of sp³-hybridized carbons (Fsp3) is 0.400. The van der Waals surface area contributed by atoms with E-state index in [1.807, 2.05) is 35.3 Å². The molecule has 5 N–H and O–H groups in total. The molecule has 8 heteroatoms. The first-order valence-corrected chi connectivity index (χ1v) is 9.41. The summed E-state index contributed by atoms with van der Waals surface area (Å²) < 4.78 is 0. The molecule has 0 bridgehead atoms. The molecule has 1 fully saturated rings. The number of anilines is 1. The van der Waals surface area contributed by atoms with Crippen LogP contribution < -0.4 is 22.3 Å². The van der Waals surface area contributed by atoms with Crippen LogP contribution in [0.4, 0.5) is 5.69 Å². The number of ketones is 1. The van der Waals surface area contributed by atoms with E-state index >= 15 is 0 Å². The van der Waals surface area contributed by atoms with Gasteiger partial charge in [0.25, 0.3) is 11.5 Å². The van der Waals surface area contributed by atoms with Crippen molar-refractivity contribution in [2.24, 2.45) is 5.92 Å². The Bertz CT molecular complexity index is 956. The first-order valence-electron chi connectivity index (χ1n) is 9.41. The average molecular weight is 384 g/mol. The van der Waals surface area contributed by atoms with Crippen molar-refractivity contribution in [2.45, 2.75) is 44.6 Å². The highest BCUT2D eigenvalue weighted by Crippen LogP contribution is 2.27. The summed E-state index contributed by atoms with van der Waals surface area (Å²) in [6.45, 7) is 0. The van der Waals surface area contributed by atoms with Gasteiger partial charge in [0.05, 0.1) is 0 Å². The van der Waals surface area contributed by atoms with Crippen LogP contribution in [-0.2, 0) is 11.2 Å². The molecule has 1 amide bonds. The molecule has 1 aliphatic rings. The van der Waals surface area contributed by atoms with Crippen LogP contribution in [0.25, 0.3) is 0 Å². The minimum Gasteiger partial charge on any atom is -0.392 e. The van der Waals surface area contributed by atoms with Gasteiger partial charge in [-0.25, -0.2) is 4.79 Å². The Hall–Kier alpha value is -3.16. The Kier molecular flexibility index (Phi) is 6.08. The van der Waals surface area contributed by atoms with Gasteiger partial charge in [-0.2, -0.15) is 0 Å². The predicted molar refractivity (Wildman–Crippen MR) is 105 cm³/mol. The fourth-order valence-electron chi connectivity index (χ4n) is 3.66. The number of aromatic nitrogens is 2. The topological polar surface area (TPSA) is 138 Å². The molecule has 0 saturated heterocycles. The van der Waals surface area contributed by atoms with E-state index in [9.17, 15) is 19.2 Å². The maximum Gasteiger partial charge on any atom is 0.326 e. The highest BCUT2D eigenvalue weighted by Gasteiger charge is 2.25. The maximum atomic E-state index is 12.3. The van der Waals surface area contributed by atoms with Gasteiger partial charge < -0.3 is 16.0 Å². The number of nitrogens with two attached hydrogens (primary N) is 1. The van der Waals surface area contributed by atoms with Crippen LogP contribution in [0.15, 0.2) is 39.9 Å². The number of Topliss-reactive ketones (excluding diaryl/α,β-unsaturated/α-hetero) is 1. The number of amides is 1.